The van der Waals surface area contributed by atoms with Crippen LogP contribution in [0.5, 0.6) is 0 Å². The van der Waals surface area contributed by atoms with Gasteiger partial charge in [-0.05, 0) is 29.7 Å². The maximum atomic E-state index is 12.9. The summed E-state index contributed by atoms with van der Waals surface area (Å²) in [7, 11) is 0. The fourth-order valence-corrected chi connectivity index (χ4v) is 2.77. The molecule has 2 rings (SSSR count). The van der Waals surface area contributed by atoms with E-state index in [0.29, 0.717) is 19.5 Å². The van der Waals surface area contributed by atoms with Crippen LogP contribution in [0.15, 0.2) is 30.3 Å². The van der Waals surface area contributed by atoms with E-state index < -0.39 is 5.09 Å². The molecule has 1 aromatic carbocycles. The molecule has 1 heterocycles. The Balaban J connectivity index is 1.81. The average Bonchev–Trinajstić information content (AvgIpc) is 2.52. The SMILES string of the molecule is O=C(SCCO[N+](=O)[O-])N1CC=C(c2ccc(F)cc2)CC1. The number of rotatable bonds is 5. The highest BCUT2D eigenvalue weighted by Gasteiger charge is 2.18. The summed E-state index contributed by atoms with van der Waals surface area (Å²) < 4.78 is 12.9. The van der Waals surface area contributed by atoms with Gasteiger partial charge in [-0.2, -0.15) is 0 Å². The van der Waals surface area contributed by atoms with Crippen molar-refractivity contribution >= 4 is 22.6 Å². The van der Waals surface area contributed by atoms with Crippen LogP contribution in [0.3, 0.4) is 0 Å². The van der Waals surface area contributed by atoms with Crippen molar-refractivity contribution in [2.45, 2.75) is 6.42 Å². The molecule has 0 N–H and O–H groups in total. The van der Waals surface area contributed by atoms with Gasteiger partial charge in [0.25, 0.3) is 10.3 Å². The van der Waals surface area contributed by atoms with Gasteiger partial charge < -0.3 is 9.74 Å². The first kappa shape index (κ1) is 16.3. The number of benzene rings is 1. The topological polar surface area (TPSA) is 72.7 Å². The first-order valence-electron chi connectivity index (χ1n) is 6.70. The van der Waals surface area contributed by atoms with E-state index in [1.165, 1.54) is 12.1 Å². The van der Waals surface area contributed by atoms with Crippen LogP contribution in [0, 0.1) is 15.9 Å². The minimum atomic E-state index is -0.871. The third-order valence-electron chi connectivity index (χ3n) is 3.19. The second kappa shape index (κ2) is 7.79. The molecule has 0 radical (unpaired) electrons. The van der Waals surface area contributed by atoms with Gasteiger partial charge in [0.1, 0.15) is 12.4 Å². The number of hydrogen-bond acceptors (Lipinski definition) is 5. The summed E-state index contributed by atoms with van der Waals surface area (Å²) in [5.41, 5.74) is 2.05. The summed E-state index contributed by atoms with van der Waals surface area (Å²) in [4.78, 5) is 27.7. The predicted molar refractivity (Wildman–Crippen MR) is 81.4 cm³/mol. The molecule has 1 aromatic rings. The van der Waals surface area contributed by atoms with Gasteiger partial charge >= 0.3 is 0 Å². The Morgan fingerprint density at radius 2 is 2.14 bits per heavy atom. The fraction of sp³-hybridized carbons (Fsp3) is 0.357. The molecule has 1 amide bonds. The van der Waals surface area contributed by atoms with Crippen molar-refractivity contribution < 1.29 is 19.1 Å². The lowest BCUT2D eigenvalue weighted by Crippen LogP contribution is -2.32. The molecule has 0 unspecified atom stereocenters. The zero-order valence-electron chi connectivity index (χ0n) is 11.7. The van der Waals surface area contributed by atoms with E-state index in [0.717, 1.165) is 22.9 Å². The highest BCUT2D eigenvalue weighted by atomic mass is 32.2. The number of hydrogen-bond donors (Lipinski definition) is 0. The van der Waals surface area contributed by atoms with Crippen LogP contribution in [0.1, 0.15) is 12.0 Å². The lowest BCUT2D eigenvalue weighted by atomic mass is 10.00. The van der Waals surface area contributed by atoms with E-state index in [1.807, 2.05) is 6.08 Å². The van der Waals surface area contributed by atoms with Crippen LogP contribution in [0.2, 0.25) is 0 Å². The molecule has 0 bridgehead atoms. The molecule has 118 valence electrons. The Morgan fingerprint density at radius 3 is 2.73 bits per heavy atom. The van der Waals surface area contributed by atoms with Crippen LogP contribution in [0.25, 0.3) is 5.57 Å². The van der Waals surface area contributed by atoms with Crippen LogP contribution in [0.4, 0.5) is 9.18 Å². The van der Waals surface area contributed by atoms with Crippen molar-refractivity contribution in [1.82, 2.24) is 4.90 Å². The molecule has 0 aliphatic carbocycles. The lowest BCUT2D eigenvalue weighted by Gasteiger charge is -2.26. The molecule has 0 aromatic heterocycles. The number of carbonyl (C=O) groups excluding carboxylic acids is 1. The van der Waals surface area contributed by atoms with Gasteiger partial charge in [0.05, 0.1) is 0 Å². The van der Waals surface area contributed by atoms with Crippen LogP contribution < -0.4 is 0 Å². The molecule has 0 saturated carbocycles. The third kappa shape index (κ3) is 4.73. The van der Waals surface area contributed by atoms with E-state index >= 15 is 0 Å². The minimum absolute atomic E-state index is 0.103. The maximum absolute atomic E-state index is 12.9. The van der Waals surface area contributed by atoms with Crippen LogP contribution >= 0.6 is 11.8 Å². The molecular weight excluding hydrogens is 311 g/mol. The van der Waals surface area contributed by atoms with E-state index in [-0.39, 0.29) is 23.4 Å². The molecule has 0 atom stereocenters. The number of nitrogens with zero attached hydrogens (tertiary/aromatic N) is 2. The third-order valence-corrected chi connectivity index (χ3v) is 4.06. The molecule has 0 spiro atoms. The van der Waals surface area contributed by atoms with Gasteiger partial charge in [-0.1, -0.05) is 30.0 Å². The molecule has 1 aliphatic heterocycles. The molecule has 1 aliphatic rings. The molecule has 8 heteroatoms. The van der Waals surface area contributed by atoms with Gasteiger partial charge in [0, 0.05) is 18.8 Å². The second-order valence-electron chi connectivity index (χ2n) is 4.60. The normalized spacial score (nSPS) is 14.4. The first-order chi connectivity index (χ1) is 10.6. The lowest BCUT2D eigenvalue weighted by molar-refractivity contribution is -0.756. The summed E-state index contributed by atoms with van der Waals surface area (Å²) in [6, 6.07) is 6.28. The van der Waals surface area contributed by atoms with Crippen molar-refractivity contribution in [3.8, 4) is 0 Å². The Hall–Kier alpha value is -2.09. The zero-order chi connectivity index (χ0) is 15.9. The number of thioether (sulfide) groups is 1. The minimum Gasteiger partial charge on any atom is -0.330 e. The largest absolute Gasteiger partial charge is 0.330 e. The first-order valence-corrected chi connectivity index (χ1v) is 7.69. The highest BCUT2D eigenvalue weighted by molar-refractivity contribution is 8.13. The van der Waals surface area contributed by atoms with Gasteiger partial charge in [-0.3, -0.25) is 4.79 Å². The second-order valence-corrected chi connectivity index (χ2v) is 5.65. The average molecular weight is 326 g/mol. The summed E-state index contributed by atoms with van der Waals surface area (Å²) >= 11 is 1.00. The van der Waals surface area contributed by atoms with E-state index in [9.17, 15) is 19.3 Å². The fourth-order valence-electron chi connectivity index (χ4n) is 2.09. The van der Waals surface area contributed by atoms with E-state index in [4.69, 9.17) is 0 Å². The number of carbonyl (C=O) groups is 1. The van der Waals surface area contributed by atoms with Crippen molar-refractivity contribution in [3.63, 3.8) is 0 Å². The monoisotopic (exact) mass is 326 g/mol. The quantitative estimate of drug-likeness (QED) is 0.472. The van der Waals surface area contributed by atoms with Gasteiger partial charge in [0.15, 0.2) is 0 Å². The number of amides is 1. The Bertz CT molecular complexity index is 577. The van der Waals surface area contributed by atoms with Crippen LogP contribution in [-0.2, 0) is 4.84 Å². The summed E-state index contributed by atoms with van der Waals surface area (Å²) in [5, 5.41) is 8.99. The maximum Gasteiger partial charge on any atom is 0.294 e. The Kier molecular flexibility index (Phi) is 5.76. The van der Waals surface area contributed by atoms with Crippen molar-refractivity contribution in [2.24, 2.45) is 0 Å². The summed E-state index contributed by atoms with van der Waals surface area (Å²) in [6.07, 6.45) is 2.64. The van der Waals surface area contributed by atoms with Crippen LogP contribution in [-0.4, -0.2) is 40.7 Å². The molecular formula is C14H15FN2O4S. The summed E-state index contributed by atoms with van der Waals surface area (Å²) in [5.74, 6) is -0.0319. The van der Waals surface area contributed by atoms with Crippen molar-refractivity contribution in [3.05, 3.63) is 51.8 Å². The molecule has 0 saturated heterocycles. The Labute approximate surface area is 131 Å². The van der Waals surface area contributed by atoms with Gasteiger partial charge in [-0.25, -0.2) is 4.39 Å². The standard InChI is InChI=1S/C14H15FN2O4S/c15-13-3-1-11(2-4-13)12-5-7-16(8-6-12)14(18)22-10-9-21-17(19)20/h1-5H,6-10H2. The predicted octanol–water partition coefficient (Wildman–Crippen LogP) is 2.98. The molecule has 0 fully saturated rings. The van der Waals surface area contributed by atoms with Gasteiger partial charge in [0.2, 0.25) is 0 Å². The van der Waals surface area contributed by atoms with Crippen molar-refractivity contribution in [2.75, 3.05) is 25.4 Å². The van der Waals surface area contributed by atoms with E-state index in [1.54, 1.807) is 17.0 Å². The summed E-state index contributed by atoms with van der Waals surface area (Å²) in [6.45, 7) is 0.952. The van der Waals surface area contributed by atoms with E-state index in [2.05, 4.69) is 4.84 Å². The Morgan fingerprint density at radius 1 is 1.41 bits per heavy atom. The molecule has 6 nitrogen and oxygen atoms in total. The smallest absolute Gasteiger partial charge is 0.294 e. The number of halogens is 1. The molecule has 22 heavy (non-hydrogen) atoms. The highest BCUT2D eigenvalue weighted by Crippen LogP contribution is 2.24. The van der Waals surface area contributed by atoms with Crippen molar-refractivity contribution in [1.29, 1.82) is 0 Å². The van der Waals surface area contributed by atoms with Gasteiger partial charge in [-0.15, -0.1) is 10.1 Å². The zero-order valence-corrected chi connectivity index (χ0v) is 12.6.